The fourth-order valence-electron chi connectivity index (χ4n) is 3.81. The maximum Gasteiger partial charge on any atom is 0.337 e. The van der Waals surface area contributed by atoms with Gasteiger partial charge in [-0.3, -0.25) is 0 Å². The van der Waals surface area contributed by atoms with Crippen molar-refractivity contribution < 1.29 is 9.53 Å². The van der Waals surface area contributed by atoms with Crippen molar-refractivity contribution in [2.75, 3.05) is 19.1 Å². The van der Waals surface area contributed by atoms with Crippen LogP contribution in [0.3, 0.4) is 0 Å². The maximum absolute atomic E-state index is 11.8. The molecule has 4 heteroatoms. The molecule has 3 aromatic rings. The van der Waals surface area contributed by atoms with E-state index in [-0.39, 0.29) is 11.4 Å². The number of anilines is 2. The molecule has 0 saturated carbocycles. The van der Waals surface area contributed by atoms with Crippen molar-refractivity contribution in [1.29, 1.82) is 0 Å². The third-order valence-corrected chi connectivity index (χ3v) is 5.59. The number of carbonyl (C=O) groups is 1. The maximum atomic E-state index is 11.8. The van der Waals surface area contributed by atoms with Gasteiger partial charge in [-0.1, -0.05) is 39.0 Å². The van der Waals surface area contributed by atoms with Gasteiger partial charge in [-0.25, -0.2) is 4.79 Å². The summed E-state index contributed by atoms with van der Waals surface area (Å²) >= 11 is 0. The molecule has 1 aliphatic rings. The molecule has 4 rings (SSSR count). The molecule has 0 unspecified atom stereocenters. The van der Waals surface area contributed by atoms with E-state index < -0.39 is 0 Å². The number of fused-ring (bicyclic) bond motifs is 2. The first-order valence-electron chi connectivity index (χ1n) is 10.1. The molecule has 0 radical (unpaired) electrons. The van der Waals surface area contributed by atoms with Crippen LogP contribution in [0.4, 0.5) is 22.7 Å². The normalized spacial score (nSPS) is 13.1. The zero-order valence-electron chi connectivity index (χ0n) is 18.1. The number of carbonyl (C=O) groups excluding carboxylic acids is 1. The zero-order valence-corrected chi connectivity index (χ0v) is 18.1. The number of rotatable bonds is 2. The van der Waals surface area contributed by atoms with Gasteiger partial charge in [-0.15, -0.1) is 0 Å². The Labute approximate surface area is 178 Å². The average Bonchev–Trinajstić information content (AvgIpc) is 2.87. The average molecular weight is 400 g/mol. The fraction of sp³-hybridized carbons (Fsp3) is 0.231. The van der Waals surface area contributed by atoms with E-state index in [0.717, 1.165) is 28.3 Å². The number of benzene rings is 3. The lowest BCUT2D eigenvalue weighted by molar-refractivity contribution is 0.0601. The quantitative estimate of drug-likeness (QED) is 0.403. The van der Waals surface area contributed by atoms with Crippen LogP contribution in [-0.2, 0) is 10.2 Å². The van der Waals surface area contributed by atoms with Crippen molar-refractivity contribution in [3.05, 3.63) is 83.4 Å². The highest BCUT2D eigenvalue weighted by atomic mass is 16.5. The summed E-state index contributed by atoms with van der Waals surface area (Å²) in [5.74, 6) is -0.332. The second kappa shape index (κ2) is 7.45. The predicted molar refractivity (Wildman–Crippen MR) is 124 cm³/mol. The highest BCUT2D eigenvalue weighted by molar-refractivity contribution is 5.98. The van der Waals surface area contributed by atoms with E-state index in [1.165, 1.54) is 12.7 Å². The number of nitrogens with zero attached hydrogens (tertiary/aromatic N) is 2. The molecule has 0 fully saturated rings. The first-order chi connectivity index (χ1) is 14.3. The van der Waals surface area contributed by atoms with Gasteiger partial charge in [0.1, 0.15) is 5.69 Å². The van der Waals surface area contributed by atoms with Crippen LogP contribution in [0.15, 0.2) is 66.7 Å². The van der Waals surface area contributed by atoms with Crippen LogP contribution in [-0.4, -0.2) is 26.3 Å². The van der Waals surface area contributed by atoms with Crippen LogP contribution in [0.2, 0.25) is 0 Å². The van der Waals surface area contributed by atoms with Gasteiger partial charge in [0.05, 0.1) is 23.9 Å². The number of ether oxygens (including phenoxy) is 1. The summed E-state index contributed by atoms with van der Waals surface area (Å²) in [7, 11) is 3.50. The van der Waals surface area contributed by atoms with E-state index in [1.807, 2.05) is 18.2 Å². The lowest BCUT2D eigenvalue weighted by Crippen LogP contribution is -2.14. The van der Waals surface area contributed by atoms with Crippen LogP contribution in [0, 0.1) is 0 Å². The Hall–Kier alpha value is -3.40. The summed E-state index contributed by atoms with van der Waals surface area (Å²) in [6.45, 7) is 6.69. The van der Waals surface area contributed by atoms with Crippen LogP contribution < -0.4 is 9.48 Å². The lowest BCUT2D eigenvalue weighted by atomic mass is 9.86. The molecule has 1 aliphatic heterocycles. The second-order valence-corrected chi connectivity index (χ2v) is 8.61. The molecule has 0 spiro atoms. The monoisotopic (exact) mass is 399 g/mol. The third-order valence-electron chi connectivity index (χ3n) is 5.59. The van der Waals surface area contributed by atoms with E-state index in [4.69, 9.17) is 4.74 Å². The number of hydrogen-bond donors (Lipinski definition) is 0. The summed E-state index contributed by atoms with van der Waals surface area (Å²) < 4.78 is 7.02. The Balaban J connectivity index is 1.93. The molecular formula is C26H27N2O2+. The van der Waals surface area contributed by atoms with Crippen LogP contribution in [0.25, 0.3) is 0 Å². The molecule has 0 N–H and O–H groups in total. The third kappa shape index (κ3) is 3.50. The molecule has 1 heterocycles. The first kappa shape index (κ1) is 19.9. The molecule has 0 amide bonds. The van der Waals surface area contributed by atoms with Crippen molar-refractivity contribution in [3.63, 3.8) is 0 Å². The minimum Gasteiger partial charge on any atom is -0.465 e. The molecule has 0 bridgehead atoms. The van der Waals surface area contributed by atoms with E-state index in [1.54, 1.807) is 12.1 Å². The highest BCUT2D eigenvalue weighted by Gasteiger charge is 2.27. The molecule has 4 nitrogen and oxygen atoms in total. The Bertz CT molecular complexity index is 1140. The van der Waals surface area contributed by atoms with Crippen molar-refractivity contribution in [1.82, 2.24) is 4.58 Å². The van der Waals surface area contributed by atoms with Gasteiger partial charge >= 0.3 is 5.97 Å². The van der Waals surface area contributed by atoms with Crippen molar-refractivity contribution in [3.8, 4) is 0 Å². The summed E-state index contributed by atoms with van der Waals surface area (Å²) in [4.78, 5) is 14.1. The van der Waals surface area contributed by atoms with E-state index in [9.17, 15) is 4.79 Å². The largest absolute Gasteiger partial charge is 0.465 e. The molecule has 0 atom stereocenters. The lowest BCUT2D eigenvalue weighted by Gasteiger charge is -2.23. The Morgan fingerprint density at radius 2 is 1.63 bits per heavy atom. The number of esters is 1. The SMILES string of the molecule is COC(=O)c1ccc([N+]2=Cc3cc(C(C)(C)C)ccc3N(C)c3ccccc32)cc1. The summed E-state index contributed by atoms with van der Waals surface area (Å²) in [6.07, 6.45) is 2.18. The number of methoxy groups -OCH3 is 1. The van der Waals surface area contributed by atoms with Crippen LogP contribution >= 0.6 is 0 Å². The predicted octanol–water partition coefficient (Wildman–Crippen LogP) is 5.81. The Kier molecular flexibility index (Phi) is 4.94. The molecule has 0 saturated heterocycles. The smallest absolute Gasteiger partial charge is 0.337 e. The minimum absolute atomic E-state index is 0.0631. The van der Waals surface area contributed by atoms with Gasteiger partial charge in [0.25, 0.3) is 0 Å². The van der Waals surface area contributed by atoms with E-state index in [0.29, 0.717) is 5.56 Å². The van der Waals surface area contributed by atoms with E-state index in [2.05, 4.69) is 79.9 Å². The van der Waals surface area contributed by atoms with Crippen molar-refractivity contribution in [2.45, 2.75) is 26.2 Å². The summed E-state index contributed by atoms with van der Waals surface area (Å²) in [5, 5.41) is 0. The Morgan fingerprint density at radius 3 is 2.30 bits per heavy atom. The molecular weight excluding hydrogens is 372 g/mol. The number of para-hydroxylation sites is 2. The molecule has 30 heavy (non-hydrogen) atoms. The highest BCUT2D eigenvalue weighted by Crippen LogP contribution is 2.39. The van der Waals surface area contributed by atoms with Gasteiger partial charge in [-0.05, 0) is 41.3 Å². The molecule has 3 aromatic carbocycles. The topological polar surface area (TPSA) is 32.6 Å². The first-order valence-corrected chi connectivity index (χ1v) is 10.1. The number of hydrogen-bond acceptors (Lipinski definition) is 3. The van der Waals surface area contributed by atoms with Crippen LogP contribution in [0.1, 0.15) is 42.3 Å². The summed E-state index contributed by atoms with van der Waals surface area (Å²) in [5.41, 5.74) is 7.38. The standard InChI is InChI=1S/C26H27N2O2/c1-26(2,3)20-12-15-22-19(16-20)17-28(24-9-7-6-8-23(24)27(22)4)21-13-10-18(11-14-21)25(29)30-5/h6-17H,1-5H3/q+1. The summed E-state index contributed by atoms with van der Waals surface area (Å²) in [6, 6.07) is 22.6. The second-order valence-electron chi connectivity index (χ2n) is 8.61. The fourth-order valence-corrected chi connectivity index (χ4v) is 3.81. The Morgan fingerprint density at radius 1 is 0.933 bits per heavy atom. The van der Waals surface area contributed by atoms with Crippen LogP contribution in [0.5, 0.6) is 0 Å². The molecule has 152 valence electrons. The van der Waals surface area contributed by atoms with Gasteiger partial charge in [-0.2, -0.15) is 4.58 Å². The zero-order chi connectivity index (χ0) is 21.5. The van der Waals surface area contributed by atoms with Gasteiger partial charge in [0.15, 0.2) is 6.21 Å². The van der Waals surface area contributed by atoms with Gasteiger partial charge < -0.3 is 9.64 Å². The minimum atomic E-state index is -0.332. The van der Waals surface area contributed by atoms with Gasteiger partial charge in [0.2, 0.25) is 11.4 Å². The van der Waals surface area contributed by atoms with Crippen molar-refractivity contribution in [2.24, 2.45) is 0 Å². The van der Waals surface area contributed by atoms with E-state index >= 15 is 0 Å². The van der Waals surface area contributed by atoms with Crippen molar-refractivity contribution >= 4 is 34.9 Å². The van der Waals surface area contributed by atoms with Gasteiger partial charge in [0, 0.05) is 25.2 Å². The molecule has 0 aliphatic carbocycles. The molecule has 0 aromatic heterocycles.